The van der Waals surface area contributed by atoms with Gasteiger partial charge in [0, 0.05) is 22.6 Å². The molecule has 2 aliphatic heterocycles. The van der Waals surface area contributed by atoms with Crippen molar-refractivity contribution >= 4 is 17.3 Å². The zero-order valence-electron chi connectivity index (χ0n) is 19.5. The quantitative estimate of drug-likeness (QED) is 0.410. The maximum Gasteiger partial charge on any atom is 0.213 e. The molecule has 2 unspecified atom stereocenters. The Bertz CT molecular complexity index is 1180. The molecule has 0 bridgehead atoms. The van der Waals surface area contributed by atoms with Crippen molar-refractivity contribution in [2.45, 2.75) is 51.8 Å². The van der Waals surface area contributed by atoms with Gasteiger partial charge in [-0.25, -0.2) is 5.01 Å². The summed E-state index contributed by atoms with van der Waals surface area (Å²) in [6.45, 7) is 9.32. The van der Waals surface area contributed by atoms with Crippen molar-refractivity contribution in [3.8, 4) is 11.5 Å². The van der Waals surface area contributed by atoms with E-state index in [-0.39, 0.29) is 17.7 Å². The van der Waals surface area contributed by atoms with Crippen LogP contribution in [0.2, 0.25) is 5.02 Å². The van der Waals surface area contributed by atoms with Crippen molar-refractivity contribution in [2.24, 2.45) is 5.10 Å². The van der Waals surface area contributed by atoms with Crippen molar-refractivity contribution in [3.63, 3.8) is 0 Å². The van der Waals surface area contributed by atoms with Crippen LogP contribution in [0, 0.1) is 0 Å². The number of hydrogen-bond acceptors (Lipinski definition) is 4. The molecule has 0 radical (unpaired) electrons. The van der Waals surface area contributed by atoms with Crippen molar-refractivity contribution in [1.82, 2.24) is 5.01 Å². The molecule has 3 aromatic carbocycles. The molecule has 0 amide bonds. The van der Waals surface area contributed by atoms with Crippen LogP contribution in [0.15, 0.2) is 71.8 Å². The molecule has 33 heavy (non-hydrogen) atoms. The molecule has 3 aromatic rings. The summed E-state index contributed by atoms with van der Waals surface area (Å²) in [4.78, 5) is 0. The third kappa shape index (κ3) is 4.20. The largest absolute Gasteiger partial charge is 0.494 e. The molecule has 5 heteroatoms. The van der Waals surface area contributed by atoms with Gasteiger partial charge in [0.2, 0.25) is 6.23 Å². The summed E-state index contributed by atoms with van der Waals surface area (Å²) in [5.41, 5.74) is 5.70. The van der Waals surface area contributed by atoms with Gasteiger partial charge in [-0.05, 0) is 65.9 Å². The van der Waals surface area contributed by atoms with Crippen LogP contribution in [0.4, 0.5) is 0 Å². The first-order chi connectivity index (χ1) is 15.8. The van der Waals surface area contributed by atoms with Gasteiger partial charge in [-0.1, -0.05) is 56.6 Å². The third-order valence-electron chi connectivity index (χ3n) is 6.31. The molecule has 0 fully saturated rings. The first kappa shape index (κ1) is 21.8. The Morgan fingerprint density at radius 1 is 1.03 bits per heavy atom. The van der Waals surface area contributed by atoms with E-state index in [1.807, 2.05) is 37.3 Å². The summed E-state index contributed by atoms with van der Waals surface area (Å²) in [5.74, 6) is 1.74. The number of hydrazone groups is 1. The fourth-order valence-corrected chi connectivity index (χ4v) is 4.69. The highest BCUT2D eigenvalue weighted by Gasteiger charge is 2.41. The van der Waals surface area contributed by atoms with Gasteiger partial charge in [-0.15, -0.1) is 0 Å². The zero-order chi connectivity index (χ0) is 23.2. The maximum absolute atomic E-state index is 6.49. The topological polar surface area (TPSA) is 34.1 Å². The first-order valence-electron chi connectivity index (χ1n) is 11.5. The van der Waals surface area contributed by atoms with Crippen molar-refractivity contribution in [2.75, 3.05) is 6.61 Å². The van der Waals surface area contributed by atoms with Gasteiger partial charge in [-0.2, -0.15) is 5.10 Å². The van der Waals surface area contributed by atoms with Crippen LogP contribution in [-0.2, 0) is 5.41 Å². The SMILES string of the molecule is CCOc1ccc(C2=NN3C(C2)c2cc(Cl)ccc2OC3c2ccc(C(C)(C)C)cc2)cc1. The number of rotatable bonds is 4. The van der Waals surface area contributed by atoms with Crippen LogP contribution in [0.1, 0.15) is 68.6 Å². The molecule has 0 saturated heterocycles. The van der Waals surface area contributed by atoms with E-state index >= 15 is 0 Å². The fraction of sp³-hybridized carbons (Fsp3) is 0.321. The predicted molar refractivity (Wildman–Crippen MR) is 133 cm³/mol. The summed E-state index contributed by atoms with van der Waals surface area (Å²) in [6.07, 6.45) is 0.499. The number of ether oxygens (including phenoxy) is 2. The second kappa shape index (κ2) is 8.42. The molecule has 0 spiro atoms. The van der Waals surface area contributed by atoms with Gasteiger partial charge in [0.1, 0.15) is 11.5 Å². The minimum Gasteiger partial charge on any atom is -0.494 e. The lowest BCUT2D eigenvalue weighted by atomic mass is 9.86. The van der Waals surface area contributed by atoms with Gasteiger partial charge >= 0.3 is 0 Å². The molecule has 2 heterocycles. The Kier molecular flexibility index (Phi) is 5.57. The van der Waals surface area contributed by atoms with Crippen LogP contribution in [0.25, 0.3) is 0 Å². The lowest BCUT2D eigenvalue weighted by Crippen LogP contribution is -2.33. The van der Waals surface area contributed by atoms with E-state index in [4.69, 9.17) is 26.2 Å². The Hall–Kier alpha value is -2.98. The second-order valence-corrected chi connectivity index (χ2v) is 10.1. The highest BCUT2D eigenvalue weighted by molar-refractivity contribution is 6.30. The summed E-state index contributed by atoms with van der Waals surface area (Å²) < 4.78 is 12.1. The molecule has 0 aliphatic carbocycles. The van der Waals surface area contributed by atoms with E-state index in [0.29, 0.717) is 11.6 Å². The minimum absolute atomic E-state index is 0.0707. The maximum atomic E-state index is 6.49. The zero-order valence-corrected chi connectivity index (χ0v) is 20.3. The van der Waals surface area contributed by atoms with E-state index < -0.39 is 0 Å². The number of nitrogens with zero attached hydrogens (tertiary/aromatic N) is 2. The molecule has 0 saturated carbocycles. The number of fused-ring (bicyclic) bond motifs is 3. The van der Waals surface area contributed by atoms with E-state index in [1.165, 1.54) is 5.56 Å². The summed E-state index contributed by atoms with van der Waals surface area (Å²) in [7, 11) is 0. The molecule has 0 aromatic heterocycles. The monoisotopic (exact) mass is 460 g/mol. The molecular formula is C28H29ClN2O2. The van der Waals surface area contributed by atoms with Crippen molar-refractivity contribution < 1.29 is 9.47 Å². The predicted octanol–water partition coefficient (Wildman–Crippen LogP) is 7.28. The van der Waals surface area contributed by atoms with Crippen molar-refractivity contribution in [1.29, 1.82) is 0 Å². The number of hydrogen-bond donors (Lipinski definition) is 0. The number of benzene rings is 3. The smallest absolute Gasteiger partial charge is 0.213 e. The standard InChI is InChI=1S/C28H29ClN2O2/c1-5-32-22-13-8-18(9-14-22)24-17-25-23-16-21(29)12-15-26(23)33-27(31(25)30-24)19-6-10-20(11-7-19)28(2,3)4/h6-16,25,27H,5,17H2,1-4H3. The first-order valence-corrected chi connectivity index (χ1v) is 11.9. The molecule has 170 valence electrons. The van der Waals surface area contributed by atoms with Gasteiger partial charge in [0.05, 0.1) is 18.4 Å². The van der Waals surface area contributed by atoms with E-state index in [2.05, 4.69) is 62.2 Å². The summed E-state index contributed by atoms with van der Waals surface area (Å²) in [6, 6.07) is 22.8. The van der Waals surface area contributed by atoms with Crippen molar-refractivity contribution in [3.05, 3.63) is 94.0 Å². The Morgan fingerprint density at radius 2 is 1.76 bits per heavy atom. The lowest BCUT2D eigenvalue weighted by Gasteiger charge is -2.38. The van der Waals surface area contributed by atoms with Crippen LogP contribution < -0.4 is 9.47 Å². The van der Waals surface area contributed by atoms with Gasteiger partial charge < -0.3 is 9.47 Å². The highest BCUT2D eigenvalue weighted by atomic mass is 35.5. The lowest BCUT2D eigenvalue weighted by molar-refractivity contribution is -0.0190. The van der Waals surface area contributed by atoms with Gasteiger partial charge in [-0.3, -0.25) is 0 Å². The minimum atomic E-state index is -0.294. The van der Waals surface area contributed by atoms with Gasteiger partial charge in [0.15, 0.2) is 0 Å². The molecule has 2 aliphatic rings. The molecular weight excluding hydrogens is 432 g/mol. The average Bonchev–Trinajstić information content (AvgIpc) is 3.25. The van der Waals surface area contributed by atoms with Gasteiger partial charge in [0.25, 0.3) is 0 Å². The Labute approximate surface area is 200 Å². The molecule has 2 atom stereocenters. The Morgan fingerprint density at radius 3 is 2.42 bits per heavy atom. The average molecular weight is 461 g/mol. The molecule has 5 rings (SSSR count). The Balaban J connectivity index is 1.52. The van der Waals surface area contributed by atoms with E-state index in [9.17, 15) is 0 Å². The normalized spacial score (nSPS) is 19.4. The summed E-state index contributed by atoms with van der Waals surface area (Å²) >= 11 is 6.36. The summed E-state index contributed by atoms with van der Waals surface area (Å²) in [5, 5.41) is 7.86. The third-order valence-corrected chi connectivity index (χ3v) is 6.55. The van der Waals surface area contributed by atoms with Crippen LogP contribution >= 0.6 is 11.6 Å². The number of halogens is 1. The molecule has 0 N–H and O–H groups in total. The van der Waals surface area contributed by atoms with Crippen LogP contribution in [0.3, 0.4) is 0 Å². The van der Waals surface area contributed by atoms with Crippen LogP contribution in [-0.4, -0.2) is 17.3 Å². The van der Waals surface area contributed by atoms with E-state index in [0.717, 1.165) is 40.3 Å². The highest BCUT2D eigenvalue weighted by Crippen LogP contribution is 2.48. The van der Waals surface area contributed by atoms with E-state index in [1.54, 1.807) is 0 Å². The second-order valence-electron chi connectivity index (χ2n) is 9.63. The fourth-order valence-electron chi connectivity index (χ4n) is 4.51. The molecule has 4 nitrogen and oxygen atoms in total. The van der Waals surface area contributed by atoms with Crippen LogP contribution in [0.5, 0.6) is 11.5 Å².